The molecule has 9 heteroatoms. The minimum Gasteiger partial charge on any atom is -0.325 e. The Kier molecular flexibility index (Phi) is 6.76. The van der Waals surface area contributed by atoms with Crippen LogP contribution < -0.4 is 10.0 Å². The van der Waals surface area contributed by atoms with Crippen molar-refractivity contribution in [1.82, 2.24) is 4.72 Å². The largest absolute Gasteiger partial charge is 0.325 e. The third-order valence-electron chi connectivity index (χ3n) is 3.25. The first kappa shape index (κ1) is 20.1. The minimum atomic E-state index is -3.99. The third kappa shape index (κ3) is 5.36. The lowest BCUT2D eigenvalue weighted by atomic mass is 10.3. The van der Waals surface area contributed by atoms with E-state index in [0.717, 1.165) is 4.90 Å². The number of rotatable bonds is 6. The second-order valence-corrected chi connectivity index (χ2v) is 8.54. The van der Waals surface area contributed by atoms with Gasteiger partial charge in [0, 0.05) is 15.6 Å². The Bertz CT molecular complexity index is 889. The van der Waals surface area contributed by atoms with Crippen molar-refractivity contribution in [3.63, 3.8) is 0 Å². The summed E-state index contributed by atoms with van der Waals surface area (Å²) in [5.41, 5.74) is 0.587. The summed E-state index contributed by atoms with van der Waals surface area (Å²) in [6.45, 7) is 1.45. The number of thioether (sulfide) groups is 1. The van der Waals surface area contributed by atoms with Gasteiger partial charge in [-0.15, -0.1) is 11.8 Å². The molecule has 2 aromatic carbocycles. The molecule has 2 N–H and O–H groups in total. The highest BCUT2D eigenvalue weighted by atomic mass is 35.5. The summed E-state index contributed by atoms with van der Waals surface area (Å²) < 4.78 is 27.2. The smallest absolute Gasteiger partial charge is 0.242 e. The molecule has 0 saturated heterocycles. The summed E-state index contributed by atoms with van der Waals surface area (Å²) in [4.78, 5) is 13.1. The molecule has 2 aromatic rings. The van der Waals surface area contributed by atoms with E-state index in [-0.39, 0.29) is 14.9 Å². The van der Waals surface area contributed by atoms with Crippen molar-refractivity contribution in [2.45, 2.75) is 22.8 Å². The molecule has 5 nitrogen and oxygen atoms in total. The summed E-state index contributed by atoms with van der Waals surface area (Å²) in [5.74, 6) is -0.486. The van der Waals surface area contributed by atoms with Gasteiger partial charge in [-0.25, -0.2) is 8.42 Å². The molecule has 0 aliphatic carbocycles. The second kappa shape index (κ2) is 8.42. The van der Waals surface area contributed by atoms with E-state index >= 15 is 0 Å². The molecule has 0 saturated carbocycles. The Labute approximate surface area is 161 Å². The Hall–Kier alpha value is -1.25. The van der Waals surface area contributed by atoms with Crippen LogP contribution in [0.3, 0.4) is 0 Å². The van der Waals surface area contributed by atoms with Crippen molar-refractivity contribution in [2.24, 2.45) is 0 Å². The standard InChI is InChI=1S/C16H16Cl2N2O3S2/c1-10(16(21)19-12-4-3-5-13(9-12)24-2)20-25(22,23)15-8-11(17)6-7-14(15)18/h3-10,20H,1-2H3,(H,19,21). The second-order valence-electron chi connectivity index (χ2n) is 5.14. The molecular formula is C16H16Cl2N2O3S2. The summed E-state index contributed by atoms with van der Waals surface area (Å²) >= 11 is 13.3. The number of benzene rings is 2. The summed E-state index contributed by atoms with van der Waals surface area (Å²) in [6, 6.07) is 10.4. The van der Waals surface area contributed by atoms with Crippen molar-refractivity contribution in [3.8, 4) is 0 Å². The van der Waals surface area contributed by atoms with Gasteiger partial charge in [-0.05, 0) is 49.6 Å². The maximum atomic E-state index is 12.4. The zero-order chi connectivity index (χ0) is 18.6. The van der Waals surface area contributed by atoms with Gasteiger partial charge in [0.2, 0.25) is 15.9 Å². The fourth-order valence-corrected chi connectivity index (χ4v) is 4.41. The Morgan fingerprint density at radius 2 is 1.88 bits per heavy atom. The zero-order valence-electron chi connectivity index (χ0n) is 13.4. The van der Waals surface area contributed by atoms with Crippen LogP contribution in [0.2, 0.25) is 10.0 Å². The van der Waals surface area contributed by atoms with Gasteiger partial charge in [0.25, 0.3) is 0 Å². The van der Waals surface area contributed by atoms with Crippen molar-refractivity contribution in [1.29, 1.82) is 0 Å². The first-order valence-corrected chi connectivity index (χ1v) is 10.6. The number of carbonyl (C=O) groups is 1. The Balaban J connectivity index is 2.13. The molecule has 0 aliphatic rings. The monoisotopic (exact) mass is 418 g/mol. The van der Waals surface area contributed by atoms with Crippen molar-refractivity contribution < 1.29 is 13.2 Å². The van der Waals surface area contributed by atoms with Crippen molar-refractivity contribution in [2.75, 3.05) is 11.6 Å². The van der Waals surface area contributed by atoms with Crippen LogP contribution in [0.1, 0.15) is 6.92 Å². The molecule has 0 aliphatic heterocycles. The fourth-order valence-electron chi connectivity index (χ4n) is 1.98. The average molecular weight is 419 g/mol. The highest BCUT2D eigenvalue weighted by molar-refractivity contribution is 7.98. The summed E-state index contributed by atoms with van der Waals surface area (Å²) in [5, 5.41) is 2.94. The predicted molar refractivity (Wildman–Crippen MR) is 103 cm³/mol. The molecule has 25 heavy (non-hydrogen) atoms. The Morgan fingerprint density at radius 1 is 1.16 bits per heavy atom. The number of sulfonamides is 1. The molecule has 0 aromatic heterocycles. The highest BCUT2D eigenvalue weighted by Gasteiger charge is 2.24. The molecule has 2 rings (SSSR count). The van der Waals surface area contributed by atoms with E-state index in [1.165, 1.54) is 36.9 Å². The molecule has 0 heterocycles. The van der Waals surface area contributed by atoms with E-state index in [1.54, 1.807) is 12.1 Å². The topological polar surface area (TPSA) is 75.3 Å². The normalized spacial score (nSPS) is 12.6. The first-order valence-electron chi connectivity index (χ1n) is 7.15. The Morgan fingerprint density at radius 3 is 2.56 bits per heavy atom. The van der Waals surface area contributed by atoms with Gasteiger partial charge in [0.05, 0.1) is 11.1 Å². The summed E-state index contributed by atoms with van der Waals surface area (Å²) in [6.07, 6.45) is 1.92. The van der Waals surface area contributed by atoms with Crippen LogP contribution in [0.15, 0.2) is 52.3 Å². The van der Waals surface area contributed by atoms with Crippen LogP contribution in [0, 0.1) is 0 Å². The van der Waals surface area contributed by atoms with E-state index in [2.05, 4.69) is 10.0 Å². The SMILES string of the molecule is CSc1cccc(NC(=O)C(C)NS(=O)(=O)c2cc(Cl)ccc2Cl)c1. The average Bonchev–Trinajstić information content (AvgIpc) is 2.56. The van der Waals surface area contributed by atoms with Gasteiger partial charge in [0.1, 0.15) is 4.90 Å². The maximum Gasteiger partial charge on any atom is 0.242 e. The maximum absolute atomic E-state index is 12.4. The van der Waals surface area contributed by atoms with Gasteiger partial charge in [-0.1, -0.05) is 29.3 Å². The van der Waals surface area contributed by atoms with Gasteiger partial charge < -0.3 is 5.32 Å². The molecular weight excluding hydrogens is 403 g/mol. The van der Waals surface area contributed by atoms with E-state index in [1.807, 2.05) is 18.4 Å². The number of halogens is 2. The number of nitrogens with one attached hydrogen (secondary N) is 2. The van der Waals surface area contributed by atoms with Crippen LogP contribution in [-0.2, 0) is 14.8 Å². The van der Waals surface area contributed by atoms with Crippen molar-refractivity contribution in [3.05, 3.63) is 52.5 Å². The molecule has 0 spiro atoms. The quantitative estimate of drug-likeness (QED) is 0.694. The van der Waals surface area contributed by atoms with Gasteiger partial charge in [-0.3, -0.25) is 4.79 Å². The molecule has 0 radical (unpaired) electrons. The van der Waals surface area contributed by atoms with Crippen LogP contribution in [0.5, 0.6) is 0 Å². The lowest BCUT2D eigenvalue weighted by Gasteiger charge is -2.15. The van der Waals surface area contributed by atoms with Crippen molar-refractivity contribution >= 4 is 56.6 Å². The molecule has 134 valence electrons. The fraction of sp³-hybridized carbons (Fsp3) is 0.188. The van der Waals surface area contributed by atoms with Crippen LogP contribution in [0.25, 0.3) is 0 Å². The van der Waals surface area contributed by atoms with Crippen LogP contribution in [0.4, 0.5) is 5.69 Å². The number of anilines is 1. The number of amides is 1. The third-order valence-corrected chi connectivity index (χ3v) is 6.23. The van der Waals surface area contributed by atoms with Gasteiger partial charge in [0.15, 0.2) is 0 Å². The lowest BCUT2D eigenvalue weighted by Crippen LogP contribution is -2.41. The van der Waals surface area contributed by atoms with Gasteiger partial charge in [-0.2, -0.15) is 4.72 Å². The molecule has 1 unspecified atom stereocenters. The predicted octanol–water partition coefficient (Wildman–Crippen LogP) is 4.02. The van der Waals surface area contributed by atoms with Crippen LogP contribution >= 0.6 is 35.0 Å². The van der Waals surface area contributed by atoms with E-state index in [4.69, 9.17) is 23.2 Å². The highest BCUT2D eigenvalue weighted by Crippen LogP contribution is 2.25. The number of carbonyl (C=O) groups excluding carboxylic acids is 1. The first-order chi connectivity index (χ1) is 11.7. The number of hydrogen-bond acceptors (Lipinski definition) is 4. The van der Waals surface area contributed by atoms with Crippen LogP contribution in [-0.4, -0.2) is 26.6 Å². The van der Waals surface area contributed by atoms with E-state index < -0.39 is 22.0 Å². The molecule has 1 atom stereocenters. The molecule has 0 fully saturated rings. The summed E-state index contributed by atoms with van der Waals surface area (Å²) in [7, 11) is -3.99. The lowest BCUT2D eigenvalue weighted by molar-refractivity contribution is -0.117. The van der Waals surface area contributed by atoms with Gasteiger partial charge >= 0.3 is 0 Å². The van der Waals surface area contributed by atoms with E-state index in [0.29, 0.717) is 5.69 Å². The van der Waals surface area contributed by atoms with E-state index in [9.17, 15) is 13.2 Å². The minimum absolute atomic E-state index is 0.0252. The zero-order valence-corrected chi connectivity index (χ0v) is 16.6. The molecule has 0 bridgehead atoms. The number of hydrogen-bond donors (Lipinski definition) is 2. The molecule has 1 amide bonds.